The summed E-state index contributed by atoms with van der Waals surface area (Å²) in [4.78, 5) is 2.42. The van der Waals surface area contributed by atoms with Gasteiger partial charge in [-0.05, 0) is 48.4 Å². The maximum absolute atomic E-state index is 13.8. The molecule has 4 heteroatoms. The number of nitrogens with zero attached hydrogens (tertiary/aromatic N) is 1. The Labute approximate surface area is 137 Å². The molecule has 1 fully saturated rings. The van der Waals surface area contributed by atoms with Gasteiger partial charge in [0.25, 0.3) is 0 Å². The summed E-state index contributed by atoms with van der Waals surface area (Å²) in [6, 6.07) is 15.1. The van der Waals surface area contributed by atoms with Gasteiger partial charge in [0, 0.05) is 19.6 Å². The molecule has 1 heterocycles. The van der Waals surface area contributed by atoms with E-state index in [1.807, 2.05) is 24.3 Å². The van der Waals surface area contributed by atoms with Crippen molar-refractivity contribution in [2.45, 2.75) is 12.5 Å². The van der Waals surface area contributed by atoms with Crippen molar-refractivity contribution in [2.75, 3.05) is 33.3 Å². The summed E-state index contributed by atoms with van der Waals surface area (Å²) in [6.45, 7) is 3.92. The van der Waals surface area contributed by atoms with E-state index in [0.29, 0.717) is 0 Å². The molecule has 1 N–H and O–H groups in total. The first-order chi connectivity index (χ1) is 11.3. The lowest BCUT2D eigenvalue weighted by molar-refractivity contribution is 0.240. The number of halogens is 1. The SMILES string of the molecule is COc1cccc(C(c2cccc(F)c2)N2CCCNCC2)c1. The van der Waals surface area contributed by atoms with Crippen molar-refractivity contribution in [2.24, 2.45) is 0 Å². The molecular weight excluding hydrogens is 291 g/mol. The molecule has 1 unspecified atom stereocenters. The van der Waals surface area contributed by atoms with Crippen molar-refractivity contribution in [3.8, 4) is 5.75 Å². The van der Waals surface area contributed by atoms with Gasteiger partial charge in [-0.1, -0.05) is 24.3 Å². The fourth-order valence-corrected chi connectivity index (χ4v) is 3.23. The molecule has 1 saturated heterocycles. The average Bonchev–Trinajstić information content (AvgIpc) is 2.85. The summed E-state index contributed by atoms with van der Waals surface area (Å²) in [5.74, 6) is 0.639. The Morgan fingerprint density at radius 3 is 2.61 bits per heavy atom. The van der Waals surface area contributed by atoms with Crippen molar-refractivity contribution in [3.63, 3.8) is 0 Å². The van der Waals surface area contributed by atoms with Crippen LogP contribution in [-0.4, -0.2) is 38.2 Å². The van der Waals surface area contributed by atoms with Crippen molar-refractivity contribution < 1.29 is 9.13 Å². The van der Waals surface area contributed by atoms with Crippen LogP contribution in [0.3, 0.4) is 0 Å². The van der Waals surface area contributed by atoms with Crippen LogP contribution < -0.4 is 10.1 Å². The van der Waals surface area contributed by atoms with E-state index in [0.717, 1.165) is 49.5 Å². The lowest BCUT2D eigenvalue weighted by atomic mass is 9.96. The molecule has 0 saturated carbocycles. The second-order valence-electron chi connectivity index (χ2n) is 5.87. The van der Waals surface area contributed by atoms with Crippen molar-refractivity contribution >= 4 is 0 Å². The number of ether oxygens (including phenoxy) is 1. The third-order valence-corrected chi connectivity index (χ3v) is 4.31. The third-order valence-electron chi connectivity index (χ3n) is 4.31. The Balaban J connectivity index is 2.01. The number of rotatable bonds is 4. The van der Waals surface area contributed by atoms with Crippen LogP contribution in [-0.2, 0) is 0 Å². The van der Waals surface area contributed by atoms with Gasteiger partial charge in [-0.25, -0.2) is 4.39 Å². The van der Waals surface area contributed by atoms with Gasteiger partial charge >= 0.3 is 0 Å². The number of nitrogens with one attached hydrogen (secondary N) is 1. The quantitative estimate of drug-likeness (QED) is 0.938. The Bertz CT molecular complexity index is 639. The Hall–Kier alpha value is -1.91. The van der Waals surface area contributed by atoms with Gasteiger partial charge < -0.3 is 10.1 Å². The second kappa shape index (κ2) is 7.57. The topological polar surface area (TPSA) is 24.5 Å². The van der Waals surface area contributed by atoms with E-state index < -0.39 is 0 Å². The third kappa shape index (κ3) is 3.89. The van der Waals surface area contributed by atoms with Crippen molar-refractivity contribution in [1.29, 1.82) is 0 Å². The van der Waals surface area contributed by atoms with E-state index in [2.05, 4.69) is 16.3 Å². The summed E-state index contributed by atoms with van der Waals surface area (Å²) in [7, 11) is 1.67. The maximum Gasteiger partial charge on any atom is 0.123 e. The minimum Gasteiger partial charge on any atom is -0.497 e. The van der Waals surface area contributed by atoms with Crippen molar-refractivity contribution in [3.05, 3.63) is 65.5 Å². The molecule has 2 aromatic rings. The summed E-state index contributed by atoms with van der Waals surface area (Å²) < 4.78 is 19.2. The van der Waals surface area contributed by atoms with E-state index in [1.165, 1.54) is 6.07 Å². The van der Waals surface area contributed by atoms with Gasteiger partial charge in [-0.15, -0.1) is 0 Å². The minimum atomic E-state index is -0.191. The van der Waals surface area contributed by atoms with Crippen LogP contribution in [0.5, 0.6) is 5.75 Å². The molecule has 0 spiro atoms. The average molecular weight is 314 g/mol. The summed E-state index contributed by atoms with van der Waals surface area (Å²) in [5, 5.41) is 3.43. The molecule has 1 aliphatic heterocycles. The van der Waals surface area contributed by atoms with Crippen LogP contribution in [0.1, 0.15) is 23.6 Å². The molecule has 122 valence electrons. The normalized spacial score (nSPS) is 17.5. The Kier molecular flexibility index (Phi) is 5.26. The first-order valence-corrected chi connectivity index (χ1v) is 8.12. The summed E-state index contributed by atoms with van der Waals surface area (Å²) >= 11 is 0. The largest absolute Gasteiger partial charge is 0.497 e. The molecule has 1 aliphatic rings. The second-order valence-corrected chi connectivity index (χ2v) is 5.87. The molecule has 23 heavy (non-hydrogen) atoms. The van der Waals surface area contributed by atoms with Crippen LogP contribution in [0.2, 0.25) is 0 Å². The summed E-state index contributed by atoms with van der Waals surface area (Å²) in [5.41, 5.74) is 2.12. The van der Waals surface area contributed by atoms with Crippen LogP contribution in [0.25, 0.3) is 0 Å². The number of hydrogen-bond donors (Lipinski definition) is 1. The zero-order chi connectivity index (χ0) is 16.1. The van der Waals surface area contributed by atoms with Crippen LogP contribution in [0, 0.1) is 5.82 Å². The molecule has 2 aromatic carbocycles. The zero-order valence-corrected chi connectivity index (χ0v) is 13.5. The zero-order valence-electron chi connectivity index (χ0n) is 13.5. The van der Waals surface area contributed by atoms with Crippen LogP contribution in [0.4, 0.5) is 4.39 Å². The monoisotopic (exact) mass is 314 g/mol. The van der Waals surface area contributed by atoms with Gasteiger partial charge in [0.1, 0.15) is 11.6 Å². The Morgan fingerprint density at radius 2 is 1.83 bits per heavy atom. The maximum atomic E-state index is 13.8. The standard InChI is InChI=1S/C19H23FN2O/c1-23-18-8-3-6-16(14-18)19(15-5-2-7-17(20)13-15)22-11-4-9-21-10-12-22/h2-3,5-8,13-14,19,21H,4,9-12H2,1H3. The van der Waals surface area contributed by atoms with E-state index in [9.17, 15) is 4.39 Å². The fourth-order valence-electron chi connectivity index (χ4n) is 3.23. The van der Waals surface area contributed by atoms with Gasteiger partial charge in [-0.3, -0.25) is 4.90 Å². The molecule has 0 aromatic heterocycles. The first kappa shape index (κ1) is 16.0. The lowest BCUT2D eigenvalue weighted by Gasteiger charge is -2.31. The van der Waals surface area contributed by atoms with Crippen LogP contribution >= 0.6 is 0 Å². The van der Waals surface area contributed by atoms with Crippen molar-refractivity contribution in [1.82, 2.24) is 10.2 Å². The number of methoxy groups -OCH3 is 1. The highest BCUT2D eigenvalue weighted by Crippen LogP contribution is 2.31. The predicted molar refractivity (Wildman–Crippen MR) is 90.3 cm³/mol. The molecule has 0 aliphatic carbocycles. The fraction of sp³-hybridized carbons (Fsp3) is 0.368. The predicted octanol–water partition coefficient (Wildman–Crippen LogP) is 3.22. The molecule has 0 amide bonds. The summed E-state index contributed by atoms with van der Waals surface area (Å²) in [6.07, 6.45) is 1.09. The molecule has 1 atom stereocenters. The van der Waals surface area contributed by atoms with Gasteiger partial charge in [-0.2, -0.15) is 0 Å². The van der Waals surface area contributed by atoms with E-state index in [4.69, 9.17) is 4.74 Å². The van der Waals surface area contributed by atoms with Gasteiger partial charge in [0.15, 0.2) is 0 Å². The lowest BCUT2D eigenvalue weighted by Crippen LogP contribution is -2.33. The molecule has 0 radical (unpaired) electrons. The van der Waals surface area contributed by atoms with E-state index in [-0.39, 0.29) is 11.9 Å². The number of benzene rings is 2. The van der Waals surface area contributed by atoms with Gasteiger partial charge in [0.2, 0.25) is 0 Å². The molecule has 3 nitrogen and oxygen atoms in total. The highest BCUT2D eigenvalue weighted by Gasteiger charge is 2.23. The van der Waals surface area contributed by atoms with E-state index in [1.54, 1.807) is 19.2 Å². The van der Waals surface area contributed by atoms with Crippen LogP contribution in [0.15, 0.2) is 48.5 Å². The van der Waals surface area contributed by atoms with Gasteiger partial charge in [0.05, 0.1) is 13.2 Å². The highest BCUT2D eigenvalue weighted by molar-refractivity contribution is 5.37. The Morgan fingerprint density at radius 1 is 1.04 bits per heavy atom. The highest BCUT2D eigenvalue weighted by atomic mass is 19.1. The molecule has 0 bridgehead atoms. The first-order valence-electron chi connectivity index (χ1n) is 8.12. The van der Waals surface area contributed by atoms with E-state index >= 15 is 0 Å². The minimum absolute atomic E-state index is 0.0423. The number of hydrogen-bond acceptors (Lipinski definition) is 3. The molecular formula is C19H23FN2O. The smallest absolute Gasteiger partial charge is 0.123 e. The molecule has 3 rings (SSSR count).